The molecule has 2 heterocycles. The van der Waals surface area contributed by atoms with Gasteiger partial charge in [0, 0.05) is 18.0 Å². The first-order valence-electron chi connectivity index (χ1n) is 7.04. The van der Waals surface area contributed by atoms with Crippen molar-refractivity contribution < 1.29 is 24.6 Å². The Kier molecular flexibility index (Phi) is 3.62. The van der Waals surface area contributed by atoms with E-state index in [0.717, 1.165) is 23.8 Å². The number of aromatic carboxylic acids is 1. The monoisotopic (exact) mass is 304 g/mol. The number of unbranched alkanes of at least 4 members (excludes halogenated alkanes) is 1. The van der Waals surface area contributed by atoms with Gasteiger partial charge in [0.1, 0.15) is 5.56 Å². The molecule has 0 saturated heterocycles. The normalized spacial score (nSPS) is 13.8. The molecule has 7 nitrogen and oxygen atoms in total. The Bertz CT molecular complexity index is 810. The molecule has 7 heteroatoms. The molecule has 116 valence electrons. The van der Waals surface area contributed by atoms with Crippen molar-refractivity contribution in [2.24, 2.45) is 4.99 Å². The fourth-order valence-corrected chi connectivity index (χ4v) is 2.38. The molecular weight excluding hydrogens is 288 g/mol. The van der Waals surface area contributed by atoms with Crippen molar-refractivity contribution in [2.75, 3.05) is 13.3 Å². The highest BCUT2D eigenvalue weighted by Crippen LogP contribution is 2.35. The van der Waals surface area contributed by atoms with Crippen LogP contribution in [0.2, 0.25) is 0 Å². The van der Waals surface area contributed by atoms with Crippen molar-refractivity contribution in [2.45, 2.75) is 19.8 Å². The van der Waals surface area contributed by atoms with Crippen LogP contribution in [-0.2, 0) is 0 Å². The van der Waals surface area contributed by atoms with E-state index in [-0.39, 0.29) is 12.4 Å². The molecule has 1 aromatic carbocycles. The largest absolute Gasteiger partial charge is 0.478 e. The lowest BCUT2D eigenvalue weighted by Gasteiger charge is -2.09. The molecule has 0 amide bonds. The van der Waals surface area contributed by atoms with Crippen molar-refractivity contribution in [3.8, 4) is 11.5 Å². The highest BCUT2D eigenvalue weighted by Gasteiger charge is 2.19. The van der Waals surface area contributed by atoms with Crippen molar-refractivity contribution in [3.63, 3.8) is 0 Å². The average Bonchev–Trinajstić information content (AvgIpc) is 2.95. The van der Waals surface area contributed by atoms with Gasteiger partial charge in [-0.3, -0.25) is 4.99 Å². The standard InChI is InChI=1S/C15H16N2O5/c1-2-3-4-16-14-9-5-12-13(22-8-21-12)6-11(9)17(20)7-10(14)15(18)19/h5-7,20H,2-4,8H2,1H3,(H,18,19). The van der Waals surface area contributed by atoms with E-state index >= 15 is 0 Å². The van der Waals surface area contributed by atoms with Crippen LogP contribution in [0.5, 0.6) is 11.5 Å². The van der Waals surface area contributed by atoms with Gasteiger partial charge in [-0.25, -0.2) is 4.79 Å². The number of hydrogen-bond acceptors (Lipinski definition) is 5. The number of nitrogens with zero attached hydrogens (tertiary/aromatic N) is 2. The second-order valence-corrected chi connectivity index (χ2v) is 5.00. The molecule has 3 rings (SSSR count). The van der Waals surface area contributed by atoms with Crippen molar-refractivity contribution in [3.05, 3.63) is 29.3 Å². The van der Waals surface area contributed by atoms with Crippen LogP contribution in [0.1, 0.15) is 30.1 Å². The summed E-state index contributed by atoms with van der Waals surface area (Å²) >= 11 is 0. The number of pyridine rings is 1. The summed E-state index contributed by atoms with van der Waals surface area (Å²) in [6, 6.07) is 3.27. The number of carboxylic acids is 1. The lowest BCUT2D eigenvalue weighted by atomic mass is 10.1. The second kappa shape index (κ2) is 5.59. The molecule has 22 heavy (non-hydrogen) atoms. The molecule has 1 aromatic heterocycles. The molecule has 0 bridgehead atoms. The third kappa shape index (κ3) is 2.34. The predicted molar refractivity (Wildman–Crippen MR) is 77.5 cm³/mol. The van der Waals surface area contributed by atoms with Crippen LogP contribution >= 0.6 is 0 Å². The summed E-state index contributed by atoms with van der Waals surface area (Å²) in [5.41, 5.74) is 0.370. The SMILES string of the molecule is CCCCN=c1c(C(=O)O)cn(O)c2cc3c(cc12)OCO3. The molecular formula is C15H16N2O5. The summed E-state index contributed by atoms with van der Waals surface area (Å²) in [4.78, 5) is 15.9. The molecule has 1 aliphatic rings. The molecule has 0 radical (unpaired) electrons. The van der Waals surface area contributed by atoms with Gasteiger partial charge in [0.25, 0.3) is 0 Å². The molecule has 0 fully saturated rings. The first-order chi connectivity index (χ1) is 10.6. The Hall–Kier alpha value is -2.70. The molecule has 0 aliphatic carbocycles. The van der Waals surface area contributed by atoms with E-state index in [1.807, 2.05) is 6.92 Å². The number of aromatic nitrogens is 1. The molecule has 1 aliphatic heterocycles. The summed E-state index contributed by atoms with van der Waals surface area (Å²) in [5.74, 6) is -0.113. The minimum atomic E-state index is -1.14. The van der Waals surface area contributed by atoms with Gasteiger partial charge in [-0.15, -0.1) is 0 Å². The fourth-order valence-electron chi connectivity index (χ4n) is 2.38. The lowest BCUT2D eigenvalue weighted by Crippen LogP contribution is -2.20. The van der Waals surface area contributed by atoms with Crippen LogP contribution in [0.3, 0.4) is 0 Å². The zero-order valence-corrected chi connectivity index (χ0v) is 12.1. The van der Waals surface area contributed by atoms with Crippen LogP contribution in [0.25, 0.3) is 10.9 Å². The lowest BCUT2D eigenvalue weighted by molar-refractivity contribution is 0.0690. The third-order valence-electron chi connectivity index (χ3n) is 3.51. The Balaban J connectivity index is 2.32. The van der Waals surface area contributed by atoms with Gasteiger partial charge in [0.05, 0.1) is 17.1 Å². The van der Waals surface area contributed by atoms with E-state index in [4.69, 9.17) is 9.47 Å². The number of benzene rings is 1. The summed E-state index contributed by atoms with van der Waals surface area (Å²) in [5, 5.41) is 20.3. The van der Waals surface area contributed by atoms with Gasteiger partial charge < -0.3 is 19.8 Å². The molecule has 0 spiro atoms. The third-order valence-corrected chi connectivity index (χ3v) is 3.51. The average molecular weight is 304 g/mol. The maximum atomic E-state index is 11.4. The highest BCUT2D eigenvalue weighted by molar-refractivity contribution is 5.93. The number of carboxylic acid groups (broad SMARTS) is 1. The minimum Gasteiger partial charge on any atom is -0.478 e. The summed E-state index contributed by atoms with van der Waals surface area (Å²) < 4.78 is 11.4. The van der Waals surface area contributed by atoms with Gasteiger partial charge in [-0.2, -0.15) is 4.73 Å². The quantitative estimate of drug-likeness (QED) is 0.665. The van der Waals surface area contributed by atoms with Gasteiger partial charge in [0.2, 0.25) is 6.79 Å². The fraction of sp³-hybridized carbons (Fsp3) is 0.333. The van der Waals surface area contributed by atoms with Gasteiger partial charge in [0.15, 0.2) is 11.5 Å². The smallest absolute Gasteiger partial charge is 0.339 e. The molecule has 0 saturated carbocycles. The van der Waals surface area contributed by atoms with Crippen LogP contribution < -0.4 is 14.8 Å². The zero-order chi connectivity index (χ0) is 15.7. The highest BCUT2D eigenvalue weighted by atomic mass is 16.7. The van der Waals surface area contributed by atoms with Crippen LogP contribution in [0.15, 0.2) is 23.3 Å². The Morgan fingerprint density at radius 2 is 2.09 bits per heavy atom. The van der Waals surface area contributed by atoms with Gasteiger partial charge >= 0.3 is 5.97 Å². The van der Waals surface area contributed by atoms with Crippen molar-refractivity contribution in [1.29, 1.82) is 0 Å². The van der Waals surface area contributed by atoms with E-state index in [1.165, 1.54) is 0 Å². The number of ether oxygens (including phenoxy) is 2. The number of carbonyl (C=O) groups is 1. The zero-order valence-electron chi connectivity index (χ0n) is 12.1. The van der Waals surface area contributed by atoms with E-state index in [2.05, 4.69) is 4.99 Å². The second-order valence-electron chi connectivity index (χ2n) is 5.00. The number of rotatable bonds is 4. The van der Waals surface area contributed by atoms with E-state index < -0.39 is 5.97 Å². The van der Waals surface area contributed by atoms with Crippen molar-refractivity contribution >= 4 is 16.9 Å². The number of hydrogen-bond donors (Lipinski definition) is 2. The van der Waals surface area contributed by atoms with Crippen LogP contribution in [0, 0.1) is 0 Å². The first-order valence-corrected chi connectivity index (χ1v) is 7.04. The maximum Gasteiger partial charge on any atom is 0.339 e. The summed E-state index contributed by atoms with van der Waals surface area (Å²) in [6.45, 7) is 2.66. The molecule has 2 N–H and O–H groups in total. The Labute approximate surface area is 126 Å². The van der Waals surface area contributed by atoms with E-state index in [9.17, 15) is 15.1 Å². The van der Waals surface area contributed by atoms with Crippen LogP contribution in [-0.4, -0.2) is 34.4 Å². The van der Waals surface area contributed by atoms with E-state index in [1.54, 1.807) is 12.1 Å². The van der Waals surface area contributed by atoms with Crippen molar-refractivity contribution in [1.82, 2.24) is 4.73 Å². The van der Waals surface area contributed by atoms with Crippen LogP contribution in [0.4, 0.5) is 0 Å². The van der Waals surface area contributed by atoms with Gasteiger partial charge in [-0.1, -0.05) is 13.3 Å². The summed E-state index contributed by atoms with van der Waals surface area (Å²) in [6.07, 6.45) is 2.97. The molecule has 0 unspecified atom stereocenters. The molecule has 2 aromatic rings. The Morgan fingerprint density at radius 3 is 2.77 bits per heavy atom. The Morgan fingerprint density at radius 1 is 1.36 bits per heavy atom. The molecule has 0 atom stereocenters. The summed E-state index contributed by atoms with van der Waals surface area (Å²) in [7, 11) is 0. The topological polar surface area (TPSA) is 93.3 Å². The minimum absolute atomic E-state index is 0.0510. The maximum absolute atomic E-state index is 11.4. The predicted octanol–water partition coefficient (Wildman–Crippen LogP) is 2.01. The van der Waals surface area contributed by atoms with Gasteiger partial charge in [-0.05, 0) is 12.5 Å². The first kappa shape index (κ1) is 14.2. The van der Waals surface area contributed by atoms with E-state index in [0.29, 0.717) is 34.3 Å². The number of fused-ring (bicyclic) bond motifs is 2.